The van der Waals surface area contributed by atoms with Crippen molar-refractivity contribution in [2.75, 3.05) is 18.4 Å². The molecule has 4 rings (SSSR count). The van der Waals surface area contributed by atoms with Crippen molar-refractivity contribution < 1.29 is 23.1 Å². The third-order valence-corrected chi connectivity index (χ3v) is 5.31. The Morgan fingerprint density at radius 2 is 1.81 bits per heavy atom. The van der Waals surface area contributed by atoms with Gasteiger partial charge in [-0.05, 0) is 42.9 Å². The number of nitrogens with zero attached hydrogens (tertiary/aromatic N) is 3. The van der Waals surface area contributed by atoms with E-state index >= 15 is 0 Å². The zero-order chi connectivity index (χ0) is 19.1. The van der Waals surface area contributed by atoms with Gasteiger partial charge in [0.15, 0.2) is 11.6 Å². The Morgan fingerprint density at radius 1 is 1.11 bits per heavy atom. The van der Waals surface area contributed by atoms with Crippen LogP contribution in [0, 0.1) is 29.3 Å². The maximum Gasteiger partial charge on any atom is 0.407 e. The summed E-state index contributed by atoms with van der Waals surface area (Å²) in [6, 6.07) is 4.54. The highest BCUT2D eigenvalue weighted by atomic mass is 19.2. The van der Waals surface area contributed by atoms with Gasteiger partial charge >= 0.3 is 6.09 Å². The monoisotopic (exact) mass is 378 g/mol. The molecule has 1 aliphatic heterocycles. The number of fused-ring (bicyclic) bond motifs is 1. The van der Waals surface area contributed by atoms with E-state index in [4.69, 9.17) is 5.11 Å². The van der Waals surface area contributed by atoms with E-state index in [1.807, 2.05) is 0 Å². The lowest BCUT2D eigenvalue weighted by atomic mass is 10.0. The van der Waals surface area contributed by atoms with E-state index in [0.29, 0.717) is 36.8 Å². The molecule has 0 spiro atoms. The molecule has 2 heterocycles. The number of halogens is 3. The molecular weight excluding hydrogens is 361 g/mol. The molecule has 3 atom stereocenters. The first-order valence-electron chi connectivity index (χ1n) is 8.63. The van der Waals surface area contributed by atoms with Crippen LogP contribution in [0.2, 0.25) is 0 Å². The van der Waals surface area contributed by atoms with Gasteiger partial charge in [-0.1, -0.05) is 0 Å². The van der Waals surface area contributed by atoms with Gasteiger partial charge in [0.1, 0.15) is 11.6 Å². The summed E-state index contributed by atoms with van der Waals surface area (Å²) >= 11 is 0. The number of anilines is 1. The molecule has 2 N–H and O–H groups in total. The topological polar surface area (TPSA) is 78.4 Å². The number of rotatable bonds is 3. The van der Waals surface area contributed by atoms with E-state index in [1.54, 1.807) is 6.07 Å². The van der Waals surface area contributed by atoms with Gasteiger partial charge in [-0.2, -0.15) is 0 Å². The summed E-state index contributed by atoms with van der Waals surface area (Å²) in [4.78, 5) is 12.5. The van der Waals surface area contributed by atoms with Crippen molar-refractivity contribution in [1.29, 1.82) is 0 Å². The first-order valence-corrected chi connectivity index (χ1v) is 8.63. The van der Waals surface area contributed by atoms with E-state index in [1.165, 1.54) is 11.0 Å². The number of likely N-dealkylation sites (tertiary alicyclic amines) is 1. The van der Waals surface area contributed by atoms with E-state index in [9.17, 15) is 18.0 Å². The molecular formula is C18H17F3N4O2. The number of carboxylic acid groups (broad SMARTS) is 1. The molecule has 1 saturated heterocycles. The summed E-state index contributed by atoms with van der Waals surface area (Å²) in [5.41, 5.74) is -0.243. The van der Waals surface area contributed by atoms with Crippen molar-refractivity contribution in [3.05, 3.63) is 41.7 Å². The third-order valence-electron chi connectivity index (χ3n) is 5.31. The van der Waals surface area contributed by atoms with Crippen molar-refractivity contribution in [3.8, 4) is 11.3 Å². The number of hydrogen-bond acceptors (Lipinski definition) is 4. The van der Waals surface area contributed by atoms with Crippen LogP contribution in [0.25, 0.3) is 11.3 Å². The second-order valence-corrected chi connectivity index (χ2v) is 7.07. The lowest BCUT2D eigenvalue weighted by Gasteiger charge is -2.17. The number of carbonyl (C=O) groups is 1. The molecule has 0 unspecified atom stereocenters. The largest absolute Gasteiger partial charge is 0.465 e. The fraction of sp³-hybridized carbons (Fsp3) is 0.389. The minimum Gasteiger partial charge on any atom is -0.465 e. The van der Waals surface area contributed by atoms with Crippen molar-refractivity contribution in [3.63, 3.8) is 0 Å². The first kappa shape index (κ1) is 17.6. The first-order chi connectivity index (χ1) is 12.9. The summed E-state index contributed by atoms with van der Waals surface area (Å²) in [5.74, 6) is -2.19. The summed E-state index contributed by atoms with van der Waals surface area (Å²) < 4.78 is 40.5. The quantitative estimate of drug-likeness (QED) is 0.801. The van der Waals surface area contributed by atoms with Crippen LogP contribution in [0.4, 0.5) is 23.8 Å². The van der Waals surface area contributed by atoms with Crippen LogP contribution in [0.5, 0.6) is 0 Å². The highest BCUT2D eigenvalue weighted by Gasteiger charge is 2.42. The number of aromatic nitrogens is 2. The number of hydrogen-bond donors (Lipinski definition) is 2. The van der Waals surface area contributed by atoms with Gasteiger partial charge in [0, 0.05) is 30.8 Å². The molecule has 1 saturated carbocycles. The average Bonchev–Trinajstić information content (AvgIpc) is 3.17. The van der Waals surface area contributed by atoms with Crippen LogP contribution in [-0.4, -0.2) is 45.4 Å². The summed E-state index contributed by atoms with van der Waals surface area (Å²) in [7, 11) is 0. The summed E-state index contributed by atoms with van der Waals surface area (Å²) in [6.45, 7) is 1.10. The molecule has 9 heteroatoms. The Kier molecular flexibility index (Phi) is 4.37. The Labute approximate surface area is 153 Å². The normalized spacial score (nSPS) is 24.1. The second kappa shape index (κ2) is 6.71. The standard InChI is InChI=1S/C18H17F3N4O2/c19-11-5-13(17(21)14(20)6-11)15-1-2-16(24-23-15)22-12-3-9-7-25(18(26)27)8-10(9)4-12/h1-2,5-6,9-10,12H,3-4,7-8H2,(H,22,24)(H,26,27)/t9-,10+,12+. The van der Waals surface area contributed by atoms with E-state index in [0.717, 1.165) is 18.9 Å². The summed E-state index contributed by atoms with van der Waals surface area (Å²) in [5, 5.41) is 20.2. The van der Waals surface area contributed by atoms with Gasteiger partial charge < -0.3 is 15.3 Å². The van der Waals surface area contributed by atoms with Crippen LogP contribution in [0.3, 0.4) is 0 Å². The maximum absolute atomic E-state index is 13.8. The summed E-state index contributed by atoms with van der Waals surface area (Å²) in [6.07, 6.45) is 0.792. The number of nitrogens with one attached hydrogen (secondary N) is 1. The molecule has 1 aromatic carbocycles. The smallest absolute Gasteiger partial charge is 0.407 e. The van der Waals surface area contributed by atoms with Crippen LogP contribution in [0.15, 0.2) is 24.3 Å². The molecule has 0 bridgehead atoms. The Hall–Kier alpha value is -2.84. The second-order valence-electron chi connectivity index (χ2n) is 7.07. The van der Waals surface area contributed by atoms with Gasteiger partial charge in [0.05, 0.1) is 5.69 Å². The van der Waals surface area contributed by atoms with Crippen LogP contribution in [-0.2, 0) is 0 Å². The van der Waals surface area contributed by atoms with Gasteiger partial charge in [-0.15, -0.1) is 10.2 Å². The van der Waals surface area contributed by atoms with Gasteiger partial charge in [0.25, 0.3) is 0 Å². The van der Waals surface area contributed by atoms with Gasteiger partial charge in [0.2, 0.25) is 0 Å². The zero-order valence-electron chi connectivity index (χ0n) is 14.2. The fourth-order valence-electron chi connectivity index (χ4n) is 4.08. The van der Waals surface area contributed by atoms with Crippen molar-refractivity contribution >= 4 is 11.9 Å². The number of amides is 1. The molecule has 2 aliphatic rings. The molecule has 27 heavy (non-hydrogen) atoms. The molecule has 6 nitrogen and oxygen atoms in total. The van der Waals surface area contributed by atoms with Crippen LogP contribution in [0.1, 0.15) is 12.8 Å². The van der Waals surface area contributed by atoms with Gasteiger partial charge in [-0.3, -0.25) is 0 Å². The highest BCUT2D eigenvalue weighted by Crippen LogP contribution is 2.39. The molecule has 2 fully saturated rings. The van der Waals surface area contributed by atoms with E-state index in [-0.39, 0.29) is 17.3 Å². The van der Waals surface area contributed by atoms with Crippen molar-refractivity contribution in [2.45, 2.75) is 18.9 Å². The molecule has 1 aromatic heterocycles. The predicted octanol–water partition coefficient (Wildman–Crippen LogP) is 3.36. The average molecular weight is 378 g/mol. The minimum absolute atomic E-state index is 0.0387. The molecule has 2 aromatic rings. The maximum atomic E-state index is 13.8. The highest BCUT2D eigenvalue weighted by molar-refractivity contribution is 5.65. The lowest BCUT2D eigenvalue weighted by Crippen LogP contribution is -2.29. The molecule has 1 aliphatic carbocycles. The Bertz CT molecular complexity index is 864. The number of benzene rings is 1. The predicted molar refractivity (Wildman–Crippen MR) is 90.6 cm³/mol. The minimum atomic E-state index is -1.28. The Morgan fingerprint density at radius 3 is 2.41 bits per heavy atom. The Balaban J connectivity index is 1.42. The third kappa shape index (κ3) is 3.41. The molecule has 0 radical (unpaired) electrons. The zero-order valence-corrected chi connectivity index (χ0v) is 14.2. The van der Waals surface area contributed by atoms with Crippen molar-refractivity contribution in [1.82, 2.24) is 15.1 Å². The van der Waals surface area contributed by atoms with Crippen molar-refractivity contribution in [2.24, 2.45) is 11.8 Å². The SMILES string of the molecule is O=C(O)N1C[C@H]2C[C@H](Nc3ccc(-c4cc(F)cc(F)c4F)nn3)C[C@H]2C1. The van der Waals surface area contributed by atoms with Gasteiger partial charge in [-0.25, -0.2) is 18.0 Å². The van der Waals surface area contributed by atoms with Crippen LogP contribution < -0.4 is 5.32 Å². The molecule has 1 amide bonds. The van der Waals surface area contributed by atoms with E-state index in [2.05, 4.69) is 15.5 Å². The fourth-order valence-corrected chi connectivity index (χ4v) is 4.08. The van der Waals surface area contributed by atoms with Crippen LogP contribution >= 0.6 is 0 Å². The van der Waals surface area contributed by atoms with E-state index < -0.39 is 23.5 Å². The lowest BCUT2D eigenvalue weighted by molar-refractivity contribution is 0.152. The molecule has 142 valence electrons.